The van der Waals surface area contributed by atoms with E-state index in [4.69, 9.17) is 0 Å². The van der Waals surface area contributed by atoms with Crippen LogP contribution in [0, 0.1) is 0 Å². The Balaban J connectivity index is 2.34. The number of carbonyl (C=O) groups is 1. The smallest absolute Gasteiger partial charge is 0.182 e. The van der Waals surface area contributed by atoms with Gasteiger partial charge in [-0.05, 0) is 11.6 Å². The predicted octanol–water partition coefficient (Wildman–Crippen LogP) is 2.99. The number of hydrogen-bond acceptors (Lipinski definition) is 2. The summed E-state index contributed by atoms with van der Waals surface area (Å²) in [5, 5.41) is 0. The molecule has 0 radical (unpaired) electrons. The molecule has 0 fully saturated rings. The van der Waals surface area contributed by atoms with E-state index in [1.807, 2.05) is 48.3 Å². The first-order chi connectivity index (χ1) is 8.27. The third-order valence-corrected chi connectivity index (χ3v) is 3.21. The minimum Gasteiger partial charge on any atom is -0.366 e. The molecule has 1 heterocycles. The topological polar surface area (TPSA) is 20.3 Å². The molecule has 0 aromatic heterocycles. The van der Waals surface area contributed by atoms with Crippen LogP contribution in [0.5, 0.6) is 0 Å². The Hall–Kier alpha value is -2.09. The maximum absolute atomic E-state index is 12.1. The van der Waals surface area contributed by atoms with Gasteiger partial charge in [-0.15, -0.1) is 0 Å². The highest BCUT2D eigenvalue weighted by Gasteiger charge is 2.21. The summed E-state index contributed by atoms with van der Waals surface area (Å²) in [6.45, 7) is 0.439. The van der Waals surface area contributed by atoms with Crippen molar-refractivity contribution in [1.82, 2.24) is 0 Å². The fraction of sp³-hybridized carbons (Fsp3) is 0.133. The van der Waals surface area contributed by atoms with Gasteiger partial charge in [-0.2, -0.15) is 0 Å². The highest BCUT2D eigenvalue weighted by atomic mass is 16.1. The van der Waals surface area contributed by atoms with Gasteiger partial charge in [0, 0.05) is 23.9 Å². The molecule has 0 saturated heterocycles. The summed E-state index contributed by atoms with van der Waals surface area (Å²) in [5.41, 5.74) is 4.11. The lowest BCUT2D eigenvalue weighted by Gasteiger charge is -2.18. The van der Waals surface area contributed by atoms with Crippen LogP contribution < -0.4 is 4.90 Å². The van der Waals surface area contributed by atoms with Crippen molar-refractivity contribution in [3.63, 3.8) is 0 Å². The van der Waals surface area contributed by atoms with Crippen LogP contribution in [-0.2, 0) is 0 Å². The van der Waals surface area contributed by atoms with Crippen LogP contribution in [0.1, 0.15) is 10.4 Å². The van der Waals surface area contributed by atoms with Gasteiger partial charge in [-0.1, -0.05) is 42.5 Å². The Kier molecular flexibility index (Phi) is 2.22. The summed E-state index contributed by atoms with van der Waals surface area (Å²) in [6.07, 6.45) is 0. The normalized spacial score (nSPS) is 13.9. The fourth-order valence-corrected chi connectivity index (χ4v) is 2.38. The molecule has 1 aliphatic heterocycles. The van der Waals surface area contributed by atoms with Gasteiger partial charge in [0.25, 0.3) is 0 Å². The number of benzene rings is 2. The van der Waals surface area contributed by atoms with Gasteiger partial charge in [-0.3, -0.25) is 4.79 Å². The van der Waals surface area contributed by atoms with Gasteiger partial charge >= 0.3 is 0 Å². The van der Waals surface area contributed by atoms with E-state index in [9.17, 15) is 4.79 Å². The SMILES string of the molecule is CN1CC(=O)c2ccccc2-c2ccccc21. The number of likely N-dealkylation sites (N-methyl/N-ethyl adjacent to an activating group) is 1. The zero-order chi connectivity index (χ0) is 11.8. The average Bonchev–Trinajstić information content (AvgIpc) is 2.48. The van der Waals surface area contributed by atoms with Gasteiger partial charge in [-0.25, -0.2) is 0 Å². The second-order valence-corrected chi connectivity index (χ2v) is 4.34. The maximum atomic E-state index is 12.1. The van der Waals surface area contributed by atoms with Gasteiger partial charge in [0.1, 0.15) is 0 Å². The van der Waals surface area contributed by atoms with E-state index in [1.165, 1.54) is 0 Å². The zero-order valence-electron chi connectivity index (χ0n) is 9.68. The number of ketones is 1. The molecular weight excluding hydrogens is 210 g/mol. The standard InChI is InChI=1S/C15H13NO/c1-16-10-15(17)13-8-3-2-6-11(13)12-7-4-5-9-14(12)16/h2-9H,10H2,1H3. The van der Waals surface area contributed by atoms with Crippen molar-refractivity contribution in [3.05, 3.63) is 54.1 Å². The van der Waals surface area contributed by atoms with Crippen LogP contribution in [0.4, 0.5) is 5.69 Å². The monoisotopic (exact) mass is 223 g/mol. The van der Waals surface area contributed by atoms with Gasteiger partial charge in [0.15, 0.2) is 5.78 Å². The van der Waals surface area contributed by atoms with E-state index in [-0.39, 0.29) is 5.78 Å². The Morgan fingerprint density at radius 2 is 1.47 bits per heavy atom. The molecule has 2 nitrogen and oxygen atoms in total. The molecule has 0 unspecified atom stereocenters. The summed E-state index contributed by atoms with van der Waals surface area (Å²) < 4.78 is 0. The Labute approximate surface area is 100 Å². The van der Waals surface area contributed by atoms with Gasteiger partial charge in [0.2, 0.25) is 0 Å². The molecule has 3 rings (SSSR count). The summed E-state index contributed by atoms with van der Waals surface area (Å²) in [6, 6.07) is 16.0. The predicted molar refractivity (Wildman–Crippen MR) is 69.5 cm³/mol. The van der Waals surface area contributed by atoms with Crippen molar-refractivity contribution < 1.29 is 4.79 Å². The maximum Gasteiger partial charge on any atom is 0.182 e. The molecule has 84 valence electrons. The van der Waals surface area contributed by atoms with Gasteiger partial charge < -0.3 is 4.90 Å². The minimum atomic E-state index is 0.180. The van der Waals surface area contributed by atoms with Crippen LogP contribution in [0.2, 0.25) is 0 Å². The second kappa shape index (κ2) is 3.74. The number of anilines is 1. The number of carbonyl (C=O) groups excluding carboxylic acids is 1. The molecule has 0 aliphatic carbocycles. The average molecular weight is 223 g/mol. The van der Waals surface area contributed by atoms with Crippen molar-refractivity contribution in [2.45, 2.75) is 0 Å². The largest absolute Gasteiger partial charge is 0.366 e. The van der Waals surface area contributed by atoms with E-state index in [0.717, 1.165) is 22.4 Å². The summed E-state index contributed by atoms with van der Waals surface area (Å²) in [7, 11) is 1.96. The van der Waals surface area contributed by atoms with Crippen molar-refractivity contribution in [2.75, 3.05) is 18.5 Å². The third kappa shape index (κ3) is 1.53. The molecule has 0 bridgehead atoms. The molecule has 0 saturated carbocycles. The quantitative estimate of drug-likeness (QED) is 0.684. The first kappa shape index (κ1) is 10.1. The second-order valence-electron chi connectivity index (χ2n) is 4.34. The third-order valence-electron chi connectivity index (χ3n) is 3.21. The Morgan fingerprint density at radius 1 is 0.882 bits per heavy atom. The molecule has 0 N–H and O–H groups in total. The van der Waals surface area contributed by atoms with Gasteiger partial charge in [0.05, 0.1) is 6.54 Å². The number of Topliss-reactive ketones (excluding diaryl/α,β-unsaturated/α-hetero) is 1. The van der Waals surface area contributed by atoms with Crippen molar-refractivity contribution in [1.29, 1.82) is 0 Å². The molecule has 17 heavy (non-hydrogen) atoms. The molecule has 2 aromatic rings. The highest BCUT2D eigenvalue weighted by molar-refractivity contribution is 6.08. The molecule has 0 spiro atoms. The molecule has 0 amide bonds. The van der Waals surface area contributed by atoms with Crippen molar-refractivity contribution in [3.8, 4) is 11.1 Å². The number of hydrogen-bond donors (Lipinski definition) is 0. The van der Waals surface area contributed by atoms with Crippen LogP contribution >= 0.6 is 0 Å². The first-order valence-corrected chi connectivity index (χ1v) is 5.70. The summed E-state index contributed by atoms with van der Waals surface area (Å²) >= 11 is 0. The number of fused-ring (bicyclic) bond motifs is 3. The van der Waals surface area contributed by atoms with E-state index in [0.29, 0.717) is 6.54 Å². The lowest BCUT2D eigenvalue weighted by Crippen LogP contribution is -2.24. The van der Waals surface area contributed by atoms with E-state index < -0.39 is 0 Å². The minimum absolute atomic E-state index is 0.180. The molecule has 1 aliphatic rings. The molecule has 2 aromatic carbocycles. The number of nitrogens with zero attached hydrogens (tertiary/aromatic N) is 1. The fourth-order valence-electron chi connectivity index (χ4n) is 2.38. The van der Waals surface area contributed by atoms with E-state index >= 15 is 0 Å². The lowest BCUT2D eigenvalue weighted by atomic mass is 9.97. The number of para-hydroxylation sites is 1. The highest BCUT2D eigenvalue weighted by Crippen LogP contribution is 2.35. The number of rotatable bonds is 0. The lowest BCUT2D eigenvalue weighted by molar-refractivity contribution is 0.100. The molecule has 2 heteroatoms. The van der Waals surface area contributed by atoms with Crippen molar-refractivity contribution >= 4 is 11.5 Å². The van der Waals surface area contributed by atoms with Crippen LogP contribution in [0.15, 0.2) is 48.5 Å². The first-order valence-electron chi connectivity index (χ1n) is 5.70. The molecule has 0 atom stereocenters. The van der Waals surface area contributed by atoms with E-state index in [2.05, 4.69) is 12.1 Å². The van der Waals surface area contributed by atoms with E-state index in [1.54, 1.807) is 0 Å². The zero-order valence-corrected chi connectivity index (χ0v) is 9.68. The Morgan fingerprint density at radius 3 is 2.24 bits per heavy atom. The van der Waals surface area contributed by atoms with Crippen LogP contribution in [-0.4, -0.2) is 19.4 Å². The summed E-state index contributed by atoms with van der Waals surface area (Å²) in [5.74, 6) is 0.180. The van der Waals surface area contributed by atoms with Crippen molar-refractivity contribution in [2.24, 2.45) is 0 Å². The van der Waals surface area contributed by atoms with Crippen LogP contribution in [0.25, 0.3) is 11.1 Å². The van der Waals surface area contributed by atoms with Crippen LogP contribution in [0.3, 0.4) is 0 Å². The molecular formula is C15H13NO. The summed E-state index contributed by atoms with van der Waals surface area (Å²) in [4.78, 5) is 14.2. The Bertz CT molecular complexity index is 589.